The summed E-state index contributed by atoms with van der Waals surface area (Å²) in [6.45, 7) is 1.41. The Labute approximate surface area is 140 Å². The molecule has 0 saturated heterocycles. The summed E-state index contributed by atoms with van der Waals surface area (Å²) in [6, 6.07) is 15.9. The van der Waals surface area contributed by atoms with E-state index in [1.807, 2.05) is 42.5 Å². The summed E-state index contributed by atoms with van der Waals surface area (Å²) in [7, 11) is 1.41. The van der Waals surface area contributed by atoms with Gasteiger partial charge >= 0.3 is 11.9 Å². The first-order valence-electron chi connectivity index (χ1n) is 8.06. The summed E-state index contributed by atoms with van der Waals surface area (Å²) in [5, 5.41) is 0. The summed E-state index contributed by atoms with van der Waals surface area (Å²) in [6.07, 6.45) is -0.470. The third-order valence-electron chi connectivity index (χ3n) is 5.17. The SMILES string of the molecule is COC(=O)C1C2c3ccccc3C(OC(C)=O)C1c1ccccc12. The maximum absolute atomic E-state index is 12.6. The summed E-state index contributed by atoms with van der Waals surface area (Å²) in [4.78, 5) is 24.3. The second-order valence-electron chi connectivity index (χ2n) is 6.34. The van der Waals surface area contributed by atoms with Crippen LogP contribution in [-0.2, 0) is 19.1 Å². The number of methoxy groups -OCH3 is 1. The van der Waals surface area contributed by atoms with Gasteiger partial charge in [0.2, 0.25) is 0 Å². The highest BCUT2D eigenvalue weighted by Crippen LogP contribution is 2.60. The molecule has 0 aliphatic heterocycles. The summed E-state index contributed by atoms with van der Waals surface area (Å²) >= 11 is 0. The highest BCUT2D eigenvalue weighted by molar-refractivity contribution is 5.80. The van der Waals surface area contributed by atoms with Crippen molar-refractivity contribution >= 4 is 11.9 Å². The largest absolute Gasteiger partial charge is 0.469 e. The molecule has 122 valence electrons. The van der Waals surface area contributed by atoms with Gasteiger partial charge in [-0.2, -0.15) is 0 Å². The van der Waals surface area contributed by atoms with Gasteiger partial charge in [-0.15, -0.1) is 0 Å². The highest BCUT2D eigenvalue weighted by Gasteiger charge is 2.55. The molecule has 4 rings (SSSR count). The van der Waals surface area contributed by atoms with Crippen molar-refractivity contribution in [2.45, 2.75) is 24.9 Å². The van der Waals surface area contributed by atoms with Crippen LogP contribution in [0, 0.1) is 5.92 Å². The van der Waals surface area contributed by atoms with Crippen molar-refractivity contribution in [3.63, 3.8) is 0 Å². The van der Waals surface area contributed by atoms with Crippen LogP contribution in [0.4, 0.5) is 0 Å². The topological polar surface area (TPSA) is 52.6 Å². The number of hydrogen-bond acceptors (Lipinski definition) is 4. The summed E-state index contributed by atoms with van der Waals surface area (Å²) in [5.74, 6) is -1.24. The molecule has 0 radical (unpaired) electrons. The zero-order chi connectivity index (χ0) is 16.8. The number of ether oxygens (including phenoxy) is 2. The molecule has 4 atom stereocenters. The first-order valence-corrected chi connectivity index (χ1v) is 8.06. The number of hydrogen-bond donors (Lipinski definition) is 0. The van der Waals surface area contributed by atoms with Crippen molar-refractivity contribution < 1.29 is 19.1 Å². The van der Waals surface area contributed by atoms with Gasteiger partial charge in [0, 0.05) is 18.8 Å². The normalized spacial score (nSPS) is 26.2. The first-order chi connectivity index (χ1) is 11.6. The third kappa shape index (κ3) is 1.99. The highest BCUT2D eigenvalue weighted by atomic mass is 16.5. The van der Waals surface area contributed by atoms with Gasteiger partial charge in [0.25, 0.3) is 0 Å². The summed E-state index contributed by atoms with van der Waals surface area (Å²) in [5.41, 5.74) is 4.22. The molecule has 2 aromatic carbocycles. The predicted molar refractivity (Wildman–Crippen MR) is 87.5 cm³/mol. The Hall–Kier alpha value is -2.62. The molecule has 24 heavy (non-hydrogen) atoms. The van der Waals surface area contributed by atoms with Crippen molar-refractivity contribution in [3.8, 4) is 0 Å². The Balaban J connectivity index is 1.98. The van der Waals surface area contributed by atoms with E-state index in [4.69, 9.17) is 9.47 Å². The van der Waals surface area contributed by atoms with E-state index < -0.39 is 6.10 Å². The van der Waals surface area contributed by atoms with Gasteiger partial charge in [0.1, 0.15) is 6.10 Å². The van der Waals surface area contributed by atoms with Gasteiger partial charge in [-0.05, 0) is 22.3 Å². The van der Waals surface area contributed by atoms with Gasteiger partial charge in [-0.1, -0.05) is 48.5 Å². The van der Waals surface area contributed by atoms with Gasteiger partial charge < -0.3 is 9.47 Å². The Bertz CT molecular complexity index is 826. The molecule has 0 amide bonds. The fourth-order valence-corrected chi connectivity index (χ4v) is 4.39. The lowest BCUT2D eigenvalue weighted by atomic mass is 9.71. The van der Waals surface area contributed by atoms with Gasteiger partial charge in [-0.3, -0.25) is 9.59 Å². The van der Waals surface area contributed by atoms with Crippen molar-refractivity contribution in [1.82, 2.24) is 0 Å². The van der Waals surface area contributed by atoms with Crippen LogP contribution in [-0.4, -0.2) is 19.0 Å². The van der Waals surface area contributed by atoms with Gasteiger partial charge in [-0.25, -0.2) is 0 Å². The van der Waals surface area contributed by atoms with Gasteiger partial charge in [0.05, 0.1) is 13.0 Å². The minimum absolute atomic E-state index is 0.0540. The minimum atomic E-state index is -0.470. The fraction of sp³-hybridized carbons (Fsp3) is 0.300. The Kier molecular flexibility index (Phi) is 3.41. The number of carbonyl (C=O) groups excluding carboxylic acids is 2. The van der Waals surface area contributed by atoms with Crippen LogP contribution < -0.4 is 0 Å². The molecular weight excluding hydrogens is 304 g/mol. The van der Waals surface area contributed by atoms with Crippen LogP contribution in [0.15, 0.2) is 48.5 Å². The molecule has 0 heterocycles. The van der Waals surface area contributed by atoms with Crippen LogP contribution in [0.3, 0.4) is 0 Å². The summed E-state index contributed by atoms with van der Waals surface area (Å²) < 4.78 is 10.8. The second-order valence-corrected chi connectivity index (χ2v) is 6.34. The molecule has 4 heteroatoms. The average Bonchev–Trinajstić information content (AvgIpc) is 2.88. The standard InChI is InChI=1S/C20H18O4/c1-11(21)24-19-15-10-6-5-9-14(15)16-12-7-3-4-8-13(12)17(19)18(16)20(22)23-2/h3-10,16-19H,1-2H3. The van der Waals surface area contributed by atoms with E-state index in [-0.39, 0.29) is 29.7 Å². The fourth-order valence-electron chi connectivity index (χ4n) is 4.39. The third-order valence-corrected chi connectivity index (χ3v) is 5.17. The lowest BCUT2D eigenvalue weighted by Gasteiger charge is -2.36. The zero-order valence-electron chi connectivity index (χ0n) is 13.6. The number of rotatable bonds is 2. The van der Waals surface area contributed by atoms with E-state index in [9.17, 15) is 9.59 Å². The number of fused-ring (bicyclic) bond motifs is 7. The van der Waals surface area contributed by atoms with E-state index in [0.717, 1.165) is 22.3 Å². The molecule has 2 aliphatic rings. The zero-order valence-corrected chi connectivity index (χ0v) is 13.6. The lowest BCUT2D eigenvalue weighted by Crippen LogP contribution is -2.34. The maximum Gasteiger partial charge on any atom is 0.310 e. The quantitative estimate of drug-likeness (QED) is 0.796. The van der Waals surface area contributed by atoms with Gasteiger partial charge in [0.15, 0.2) is 0 Å². The second kappa shape index (κ2) is 5.48. The van der Waals surface area contributed by atoms with E-state index >= 15 is 0 Å². The molecule has 2 aromatic rings. The average molecular weight is 322 g/mol. The van der Waals surface area contributed by atoms with Crippen LogP contribution in [0.5, 0.6) is 0 Å². The molecule has 0 N–H and O–H groups in total. The van der Waals surface area contributed by atoms with E-state index in [1.54, 1.807) is 0 Å². The van der Waals surface area contributed by atoms with Crippen LogP contribution >= 0.6 is 0 Å². The number of carbonyl (C=O) groups is 2. The molecule has 0 fully saturated rings. The predicted octanol–water partition coefficient (Wildman–Crippen LogP) is 3.32. The van der Waals surface area contributed by atoms with Crippen molar-refractivity contribution in [2.24, 2.45) is 5.92 Å². The molecule has 0 spiro atoms. The van der Waals surface area contributed by atoms with E-state index in [1.165, 1.54) is 14.0 Å². The molecule has 2 bridgehead atoms. The Morgan fingerprint density at radius 1 is 0.875 bits per heavy atom. The molecular formula is C20H18O4. The van der Waals surface area contributed by atoms with Crippen LogP contribution in [0.25, 0.3) is 0 Å². The van der Waals surface area contributed by atoms with Crippen LogP contribution in [0.2, 0.25) is 0 Å². The Morgan fingerprint density at radius 3 is 2.00 bits per heavy atom. The van der Waals surface area contributed by atoms with Crippen molar-refractivity contribution in [1.29, 1.82) is 0 Å². The van der Waals surface area contributed by atoms with Crippen molar-refractivity contribution in [3.05, 3.63) is 70.8 Å². The Morgan fingerprint density at radius 2 is 1.42 bits per heavy atom. The van der Waals surface area contributed by atoms with Crippen LogP contribution in [0.1, 0.15) is 47.1 Å². The van der Waals surface area contributed by atoms with E-state index in [2.05, 4.69) is 6.07 Å². The molecule has 0 saturated carbocycles. The minimum Gasteiger partial charge on any atom is -0.469 e. The first kappa shape index (κ1) is 14.9. The maximum atomic E-state index is 12.6. The molecule has 4 unspecified atom stereocenters. The molecule has 0 aromatic heterocycles. The lowest BCUT2D eigenvalue weighted by molar-refractivity contribution is -0.156. The molecule has 4 nitrogen and oxygen atoms in total. The molecule has 2 aliphatic carbocycles. The van der Waals surface area contributed by atoms with Crippen molar-refractivity contribution in [2.75, 3.05) is 7.11 Å². The number of esters is 2. The van der Waals surface area contributed by atoms with E-state index in [0.29, 0.717) is 0 Å². The monoisotopic (exact) mass is 322 g/mol. The number of benzene rings is 2. The smallest absolute Gasteiger partial charge is 0.310 e.